The Bertz CT molecular complexity index is 510. The first-order valence-electron chi connectivity index (χ1n) is 7.96. The first-order chi connectivity index (χ1) is 10.3. The summed E-state index contributed by atoms with van der Waals surface area (Å²) < 4.78 is 5.29. The van der Waals surface area contributed by atoms with Crippen LogP contribution in [0.25, 0.3) is 0 Å². The summed E-state index contributed by atoms with van der Waals surface area (Å²) in [5.41, 5.74) is 2.32. The van der Waals surface area contributed by atoms with E-state index in [1.54, 1.807) is 7.11 Å². The minimum Gasteiger partial charge on any atom is -0.497 e. The van der Waals surface area contributed by atoms with Crippen LogP contribution in [0, 0.1) is 5.92 Å². The highest BCUT2D eigenvalue weighted by molar-refractivity contribution is 5.94. The number of carbonyl (C=O) groups is 1. The number of hydrogen-bond donors (Lipinski definition) is 1. The summed E-state index contributed by atoms with van der Waals surface area (Å²) in [6, 6.07) is 6.06. The fourth-order valence-corrected chi connectivity index (χ4v) is 3.40. The lowest BCUT2D eigenvalue weighted by atomic mass is 9.93. The molecule has 4 heteroatoms. The van der Waals surface area contributed by atoms with E-state index < -0.39 is 0 Å². The number of hydrogen-bond acceptors (Lipinski definition) is 3. The van der Waals surface area contributed by atoms with Gasteiger partial charge < -0.3 is 15.0 Å². The van der Waals surface area contributed by atoms with E-state index in [0.29, 0.717) is 12.3 Å². The monoisotopic (exact) mass is 288 g/mol. The maximum absolute atomic E-state index is 12.7. The van der Waals surface area contributed by atoms with Crippen molar-refractivity contribution in [3.8, 4) is 5.75 Å². The van der Waals surface area contributed by atoms with Crippen LogP contribution in [-0.4, -0.2) is 32.7 Å². The van der Waals surface area contributed by atoms with Crippen LogP contribution in [-0.2, 0) is 11.2 Å². The molecule has 2 aliphatic heterocycles. The molecule has 1 aromatic carbocycles. The van der Waals surface area contributed by atoms with Crippen LogP contribution in [0.15, 0.2) is 18.2 Å². The van der Waals surface area contributed by atoms with Gasteiger partial charge in [0.15, 0.2) is 0 Å². The number of benzene rings is 1. The smallest absolute Gasteiger partial charge is 0.227 e. The molecule has 4 nitrogen and oxygen atoms in total. The van der Waals surface area contributed by atoms with Crippen LogP contribution in [0.4, 0.5) is 5.69 Å². The molecule has 114 valence electrons. The number of ether oxygens (including phenoxy) is 1. The molecule has 0 bridgehead atoms. The van der Waals surface area contributed by atoms with Crippen molar-refractivity contribution in [3.05, 3.63) is 23.8 Å². The van der Waals surface area contributed by atoms with E-state index in [4.69, 9.17) is 4.74 Å². The maximum Gasteiger partial charge on any atom is 0.227 e. The van der Waals surface area contributed by atoms with Gasteiger partial charge >= 0.3 is 0 Å². The Labute approximate surface area is 126 Å². The number of piperidine rings is 1. The zero-order chi connectivity index (χ0) is 14.7. The van der Waals surface area contributed by atoms with E-state index in [-0.39, 0.29) is 5.91 Å². The van der Waals surface area contributed by atoms with Gasteiger partial charge in [0.05, 0.1) is 7.11 Å². The third-order valence-corrected chi connectivity index (χ3v) is 4.63. The van der Waals surface area contributed by atoms with Crippen LogP contribution >= 0.6 is 0 Å². The molecule has 1 N–H and O–H groups in total. The second kappa shape index (κ2) is 6.48. The van der Waals surface area contributed by atoms with Gasteiger partial charge in [0, 0.05) is 18.7 Å². The summed E-state index contributed by atoms with van der Waals surface area (Å²) >= 11 is 0. The Hall–Kier alpha value is -1.55. The summed E-state index contributed by atoms with van der Waals surface area (Å²) in [6.45, 7) is 2.95. The molecule has 1 saturated heterocycles. The molecule has 0 aliphatic carbocycles. The molecule has 0 aromatic heterocycles. The van der Waals surface area contributed by atoms with E-state index >= 15 is 0 Å². The van der Waals surface area contributed by atoms with Gasteiger partial charge in [-0.2, -0.15) is 0 Å². The molecule has 0 saturated carbocycles. The quantitative estimate of drug-likeness (QED) is 0.928. The predicted molar refractivity (Wildman–Crippen MR) is 83.9 cm³/mol. The third kappa shape index (κ3) is 3.21. The van der Waals surface area contributed by atoms with Gasteiger partial charge in [0.1, 0.15) is 5.75 Å². The standard InChI is InChI=1S/C17H24N2O2/c1-21-15-4-5-16-14(12-15)3-2-10-19(16)17(20)11-13-6-8-18-9-7-13/h4-5,12-13,18H,2-3,6-11H2,1H3. The van der Waals surface area contributed by atoms with Gasteiger partial charge in [-0.05, 0) is 68.5 Å². The number of methoxy groups -OCH3 is 1. The molecule has 0 spiro atoms. The SMILES string of the molecule is COc1ccc2c(c1)CCCN2C(=O)CC1CCNCC1. The second-order valence-corrected chi connectivity index (χ2v) is 6.04. The van der Waals surface area contributed by atoms with Crippen molar-refractivity contribution in [2.24, 2.45) is 5.92 Å². The van der Waals surface area contributed by atoms with Gasteiger partial charge in [-0.15, -0.1) is 0 Å². The zero-order valence-electron chi connectivity index (χ0n) is 12.7. The molecule has 21 heavy (non-hydrogen) atoms. The van der Waals surface area contributed by atoms with Gasteiger partial charge in [0.2, 0.25) is 5.91 Å². The number of carbonyl (C=O) groups excluding carboxylic acids is 1. The van der Waals surface area contributed by atoms with E-state index in [1.165, 1.54) is 5.56 Å². The summed E-state index contributed by atoms with van der Waals surface area (Å²) in [7, 11) is 1.69. The van der Waals surface area contributed by atoms with Gasteiger partial charge in [0.25, 0.3) is 0 Å². The minimum absolute atomic E-state index is 0.285. The first kappa shape index (κ1) is 14.4. The molecule has 1 amide bonds. The Balaban J connectivity index is 1.73. The van der Waals surface area contributed by atoms with Gasteiger partial charge in [-0.1, -0.05) is 0 Å². The molecule has 2 heterocycles. The van der Waals surface area contributed by atoms with E-state index in [2.05, 4.69) is 11.4 Å². The predicted octanol–water partition coefficient (Wildman–Crippen LogP) is 2.36. The van der Waals surface area contributed by atoms with Crippen molar-refractivity contribution < 1.29 is 9.53 Å². The highest BCUT2D eigenvalue weighted by atomic mass is 16.5. The number of rotatable bonds is 3. The number of nitrogens with zero attached hydrogens (tertiary/aromatic N) is 1. The van der Waals surface area contributed by atoms with Crippen molar-refractivity contribution in [2.75, 3.05) is 31.6 Å². The maximum atomic E-state index is 12.7. The fourth-order valence-electron chi connectivity index (χ4n) is 3.40. The zero-order valence-corrected chi connectivity index (χ0v) is 12.7. The van der Waals surface area contributed by atoms with Crippen LogP contribution in [0.2, 0.25) is 0 Å². The fraction of sp³-hybridized carbons (Fsp3) is 0.588. The van der Waals surface area contributed by atoms with Crippen molar-refractivity contribution in [3.63, 3.8) is 0 Å². The number of aryl methyl sites for hydroxylation is 1. The molecule has 0 radical (unpaired) electrons. The van der Waals surface area contributed by atoms with Crippen molar-refractivity contribution >= 4 is 11.6 Å². The highest BCUT2D eigenvalue weighted by Gasteiger charge is 2.25. The molecular weight excluding hydrogens is 264 g/mol. The second-order valence-electron chi connectivity index (χ2n) is 6.04. The van der Waals surface area contributed by atoms with Crippen LogP contribution in [0.5, 0.6) is 5.75 Å². The number of fused-ring (bicyclic) bond motifs is 1. The van der Waals surface area contributed by atoms with Crippen molar-refractivity contribution in [1.29, 1.82) is 0 Å². The lowest BCUT2D eigenvalue weighted by molar-refractivity contribution is -0.119. The van der Waals surface area contributed by atoms with Crippen molar-refractivity contribution in [2.45, 2.75) is 32.1 Å². The summed E-state index contributed by atoms with van der Waals surface area (Å²) in [4.78, 5) is 14.6. The summed E-state index contributed by atoms with van der Waals surface area (Å²) in [5.74, 6) is 1.71. The number of nitrogens with one attached hydrogen (secondary N) is 1. The molecule has 1 aromatic rings. The Morgan fingerprint density at radius 1 is 1.38 bits per heavy atom. The summed E-state index contributed by atoms with van der Waals surface area (Å²) in [5, 5.41) is 3.36. The van der Waals surface area contributed by atoms with Crippen LogP contribution < -0.4 is 15.0 Å². The average molecular weight is 288 g/mol. The minimum atomic E-state index is 0.285. The Kier molecular flexibility index (Phi) is 4.44. The largest absolute Gasteiger partial charge is 0.497 e. The third-order valence-electron chi connectivity index (χ3n) is 4.63. The topological polar surface area (TPSA) is 41.6 Å². The molecule has 0 atom stereocenters. The van der Waals surface area contributed by atoms with Gasteiger partial charge in [-0.3, -0.25) is 4.79 Å². The Morgan fingerprint density at radius 3 is 2.95 bits per heavy atom. The lowest BCUT2D eigenvalue weighted by Crippen LogP contribution is -2.38. The molecule has 2 aliphatic rings. The van der Waals surface area contributed by atoms with Crippen LogP contribution in [0.3, 0.4) is 0 Å². The summed E-state index contributed by atoms with van der Waals surface area (Å²) in [6.07, 6.45) is 5.00. The molecule has 0 unspecified atom stereocenters. The van der Waals surface area contributed by atoms with Crippen LogP contribution in [0.1, 0.15) is 31.2 Å². The van der Waals surface area contributed by atoms with Gasteiger partial charge in [-0.25, -0.2) is 0 Å². The number of amides is 1. The highest BCUT2D eigenvalue weighted by Crippen LogP contribution is 2.31. The van der Waals surface area contributed by atoms with E-state index in [1.807, 2.05) is 17.0 Å². The lowest BCUT2D eigenvalue weighted by Gasteiger charge is -2.32. The number of anilines is 1. The van der Waals surface area contributed by atoms with Crippen molar-refractivity contribution in [1.82, 2.24) is 5.32 Å². The molecule has 1 fully saturated rings. The molecule has 3 rings (SSSR count). The normalized spacial score (nSPS) is 19.2. The van der Waals surface area contributed by atoms with E-state index in [0.717, 1.165) is 56.8 Å². The first-order valence-corrected chi connectivity index (χ1v) is 7.96. The average Bonchev–Trinajstić information content (AvgIpc) is 2.54. The Morgan fingerprint density at radius 2 is 2.19 bits per heavy atom. The molecular formula is C17H24N2O2. The van der Waals surface area contributed by atoms with E-state index in [9.17, 15) is 4.79 Å².